The van der Waals surface area contributed by atoms with Crippen molar-refractivity contribution < 1.29 is 64.3 Å². The summed E-state index contributed by atoms with van der Waals surface area (Å²) < 4.78 is 39.8. The Morgan fingerprint density at radius 3 is 2.05 bits per heavy atom. The Balaban J connectivity index is 0.00000400. The molecule has 21 heavy (non-hydrogen) atoms. The molecule has 7 heteroatoms. The second-order valence-electron chi connectivity index (χ2n) is 6.03. The van der Waals surface area contributed by atoms with Gasteiger partial charge in [0.05, 0.1) is 0 Å². The van der Waals surface area contributed by atoms with Crippen LogP contribution in [0.1, 0.15) is 22.3 Å². The summed E-state index contributed by atoms with van der Waals surface area (Å²) in [6.45, 7) is 4.18. The first-order chi connectivity index (χ1) is 8.97. The molecule has 2 N–H and O–H groups in total. The van der Waals surface area contributed by atoms with Crippen molar-refractivity contribution in [2.24, 2.45) is 5.73 Å². The third-order valence-electron chi connectivity index (χ3n) is 3.13. The van der Waals surface area contributed by atoms with Gasteiger partial charge in [-0.15, -0.1) is 11.0 Å². The van der Waals surface area contributed by atoms with Gasteiger partial charge < -0.3 is 18.7 Å². The predicted octanol–water partition coefficient (Wildman–Crippen LogP) is 0.0494. The molecular weight excluding hydrogens is 317 g/mol. The van der Waals surface area contributed by atoms with E-state index >= 15 is 0 Å². The Morgan fingerprint density at radius 2 is 1.67 bits per heavy atom. The van der Waals surface area contributed by atoms with Crippen LogP contribution in [-0.2, 0) is 6.54 Å². The Morgan fingerprint density at radius 1 is 1.14 bits per heavy atom. The first kappa shape index (κ1) is 21.4. The van der Waals surface area contributed by atoms with E-state index in [0.717, 1.165) is 0 Å². The molecule has 0 aliphatic carbocycles. The summed E-state index contributed by atoms with van der Waals surface area (Å²) in [6, 6.07) is 1.70. The van der Waals surface area contributed by atoms with Crippen molar-refractivity contribution in [3.05, 3.63) is 28.3 Å². The van der Waals surface area contributed by atoms with E-state index in [-0.39, 0.29) is 69.1 Å². The first-order valence-corrected chi connectivity index (χ1v) is 10.0. The van der Waals surface area contributed by atoms with E-state index in [1.54, 1.807) is 6.07 Å². The summed E-state index contributed by atoms with van der Waals surface area (Å²) in [5.41, 5.74) is 9.57. The van der Waals surface area contributed by atoms with Crippen molar-refractivity contribution in [3.63, 3.8) is 0 Å². The molecule has 0 heterocycles. The van der Waals surface area contributed by atoms with Gasteiger partial charge in [-0.25, -0.2) is 0 Å². The van der Waals surface area contributed by atoms with Crippen LogP contribution in [0, 0.1) is 25.3 Å². The summed E-state index contributed by atoms with van der Waals surface area (Å²) in [7, 11) is -1.64. The minimum Gasteiger partial charge on any atom is -0.445 e. The van der Waals surface area contributed by atoms with Crippen LogP contribution in [-0.4, -0.2) is 15.1 Å². The van der Waals surface area contributed by atoms with Crippen molar-refractivity contribution >= 4 is 20.5 Å². The standard InChI is InChI=1S/C14H20BF3NSi.K/c1-10-12(6-7-20(3,4)5)8-13(9-19)11(2)14(10)15(16,17)18;/h8H,9,19H2,1-5H3;/q-1;+1. The number of benzene rings is 1. The van der Waals surface area contributed by atoms with E-state index in [9.17, 15) is 12.9 Å². The van der Waals surface area contributed by atoms with Gasteiger partial charge in [-0.1, -0.05) is 36.7 Å². The molecule has 0 atom stereocenters. The van der Waals surface area contributed by atoms with Crippen LogP contribution >= 0.6 is 0 Å². The maximum absolute atomic E-state index is 13.3. The third-order valence-corrected chi connectivity index (χ3v) is 4.01. The SMILES string of the molecule is Cc1c(C#C[Si](C)(C)C)cc(CN)c(C)c1[B-](F)(F)F.[K+]. The van der Waals surface area contributed by atoms with Gasteiger partial charge in [-0.05, 0) is 25.5 Å². The van der Waals surface area contributed by atoms with Gasteiger partial charge in [0.25, 0.3) is 0 Å². The van der Waals surface area contributed by atoms with E-state index in [1.165, 1.54) is 13.8 Å². The summed E-state index contributed by atoms with van der Waals surface area (Å²) in [5, 5.41) is 0. The fraction of sp³-hybridized carbons (Fsp3) is 0.429. The minimum absolute atomic E-state index is 0. The van der Waals surface area contributed by atoms with Crippen LogP contribution in [0.3, 0.4) is 0 Å². The van der Waals surface area contributed by atoms with Crippen molar-refractivity contribution in [1.29, 1.82) is 0 Å². The summed E-state index contributed by atoms with van der Waals surface area (Å²) >= 11 is 0. The largest absolute Gasteiger partial charge is 1.00 e. The van der Waals surface area contributed by atoms with E-state index in [4.69, 9.17) is 5.73 Å². The van der Waals surface area contributed by atoms with Crippen molar-refractivity contribution in [2.75, 3.05) is 0 Å². The second kappa shape index (κ2) is 7.82. The molecule has 1 aromatic carbocycles. The maximum atomic E-state index is 13.3. The second-order valence-corrected chi connectivity index (χ2v) is 10.8. The number of rotatable bonds is 2. The Kier molecular flexibility index (Phi) is 7.99. The van der Waals surface area contributed by atoms with Crippen molar-refractivity contribution in [2.45, 2.75) is 40.0 Å². The van der Waals surface area contributed by atoms with Gasteiger partial charge in [0.2, 0.25) is 0 Å². The summed E-state index contributed by atoms with van der Waals surface area (Å²) in [5.74, 6) is 2.93. The molecule has 0 aliphatic rings. The third kappa shape index (κ3) is 5.86. The van der Waals surface area contributed by atoms with Crippen LogP contribution in [0.25, 0.3) is 0 Å². The fourth-order valence-electron chi connectivity index (χ4n) is 2.08. The molecule has 1 rings (SSSR count). The Bertz CT molecular complexity index is 583. The van der Waals surface area contributed by atoms with Crippen LogP contribution in [0.2, 0.25) is 19.6 Å². The van der Waals surface area contributed by atoms with Crippen LogP contribution < -0.4 is 62.6 Å². The average Bonchev–Trinajstić information content (AvgIpc) is 2.25. The smallest absolute Gasteiger partial charge is 0.445 e. The predicted molar refractivity (Wildman–Crippen MR) is 82.7 cm³/mol. The van der Waals surface area contributed by atoms with Gasteiger partial charge in [0.1, 0.15) is 8.07 Å². The van der Waals surface area contributed by atoms with Crippen LogP contribution in [0.5, 0.6) is 0 Å². The zero-order chi connectivity index (χ0) is 15.7. The maximum Gasteiger partial charge on any atom is 1.00 e. The van der Waals surface area contributed by atoms with Gasteiger partial charge in [0.15, 0.2) is 0 Å². The van der Waals surface area contributed by atoms with Crippen LogP contribution in [0.15, 0.2) is 6.07 Å². The monoisotopic (exact) mass is 337 g/mol. The number of hydrogen-bond acceptors (Lipinski definition) is 1. The minimum atomic E-state index is -5.06. The molecule has 0 saturated carbocycles. The molecule has 0 aromatic heterocycles. The molecule has 0 bridgehead atoms. The topological polar surface area (TPSA) is 26.0 Å². The molecule has 1 aromatic rings. The molecule has 0 aliphatic heterocycles. The van der Waals surface area contributed by atoms with E-state index in [0.29, 0.717) is 11.1 Å². The summed E-state index contributed by atoms with van der Waals surface area (Å²) in [4.78, 5) is 0. The quantitative estimate of drug-likeness (QED) is 0.599. The van der Waals surface area contributed by atoms with Crippen molar-refractivity contribution in [3.8, 4) is 11.5 Å². The van der Waals surface area contributed by atoms with Gasteiger partial charge in [-0.2, -0.15) is 0 Å². The average molecular weight is 337 g/mol. The molecule has 1 nitrogen and oxygen atoms in total. The van der Waals surface area contributed by atoms with E-state index in [1.807, 2.05) is 0 Å². The molecule has 0 unspecified atom stereocenters. The van der Waals surface area contributed by atoms with Gasteiger partial charge in [-0.3, -0.25) is 0 Å². The number of hydrogen-bond donors (Lipinski definition) is 1. The van der Waals surface area contributed by atoms with Crippen LogP contribution in [0.4, 0.5) is 12.9 Å². The molecule has 0 saturated heterocycles. The molecule has 0 amide bonds. The number of nitrogens with two attached hydrogens (primary N) is 1. The molecule has 0 spiro atoms. The van der Waals surface area contributed by atoms with E-state index < -0.39 is 20.5 Å². The normalized spacial score (nSPS) is 11.5. The molecule has 110 valence electrons. The molecule has 0 radical (unpaired) electrons. The fourth-order valence-corrected chi connectivity index (χ4v) is 2.59. The van der Waals surface area contributed by atoms with Gasteiger partial charge >= 0.3 is 58.4 Å². The number of halogens is 3. The molecular formula is C14H20BF3KNSi. The zero-order valence-electron chi connectivity index (χ0n) is 13.6. The summed E-state index contributed by atoms with van der Waals surface area (Å²) in [6.07, 6.45) is 0. The van der Waals surface area contributed by atoms with Crippen molar-refractivity contribution in [1.82, 2.24) is 0 Å². The first-order valence-electron chi connectivity index (χ1n) is 6.53. The van der Waals surface area contributed by atoms with Gasteiger partial charge in [0, 0.05) is 12.1 Å². The zero-order valence-corrected chi connectivity index (χ0v) is 17.7. The molecule has 0 fully saturated rings. The Labute approximate surface area is 168 Å². The van der Waals surface area contributed by atoms with E-state index in [2.05, 4.69) is 31.1 Å². The Hall–Kier alpha value is 0.448.